The van der Waals surface area contributed by atoms with Gasteiger partial charge < -0.3 is 10.2 Å². The van der Waals surface area contributed by atoms with E-state index in [1.54, 1.807) is 30.6 Å². The van der Waals surface area contributed by atoms with Crippen molar-refractivity contribution < 1.29 is 13.6 Å². The summed E-state index contributed by atoms with van der Waals surface area (Å²) in [4.78, 5) is 29.1. The molecule has 2 heterocycles. The topological polar surface area (TPSA) is 89.4 Å². The molecule has 0 aliphatic carbocycles. The molecular weight excluding hydrogens is 325 g/mol. The summed E-state index contributed by atoms with van der Waals surface area (Å²) >= 11 is 0. The number of aromatic nitrogens is 1. The standard InChI is InChI=1S/C18H14FN3O3/c19-14-5-3-12(4-6-14)11-22(18(20)24)15-7-8-16(25-17(15)23)13-2-1-9-21-10-13/h1-10H,11H2,(H2,20,24). The molecule has 0 saturated heterocycles. The number of primary amides is 1. The zero-order valence-electron chi connectivity index (χ0n) is 13.1. The van der Waals surface area contributed by atoms with Crippen LogP contribution in [0.5, 0.6) is 0 Å². The van der Waals surface area contributed by atoms with Gasteiger partial charge in [-0.25, -0.2) is 14.0 Å². The number of nitrogens with two attached hydrogens (primary N) is 1. The lowest BCUT2D eigenvalue weighted by Crippen LogP contribution is -2.37. The molecule has 2 N–H and O–H groups in total. The lowest BCUT2D eigenvalue weighted by Gasteiger charge is -2.19. The van der Waals surface area contributed by atoms with Gasteiger partial charge in [-0.3, -0.25) is 9.88 Å². The number of pyridine rings is 1. The van der Waals surface area contributed by atoms with Crippen LogP contribution in [0.3, 0.4) is 0 Å². The fraction of sp³-hybridized carbons (Fsp3) is 0.0556. The van der Waals surface area contributed by atoms with Gasteiger partial charge in [0, 0.05) is 18.0 Å². The number of halogens is 1. The Morgan fingerprint density at radius 2 is 1.92 bits per heavy atom. The van der Waals surface area contributed by atoms with Crippen LogP contribution < -0.4 is 16.3 Å². The number of hydrogen-bond donors (Lipinski definition) is 1. The summed E-state index contributed by atoms with van der Waals surface area (Å²) in [6.45, 7) is 0.0204. The van der Waals surface area contributed by atoms with E-state index in [0.717, 1.165) is 4.90 Å². The molecule has 0 aliphatic heterocycles. The molecule has 1 aromatic carbocycles. The Labute approximate surface area is 142 Å². The summed E-state index contributed by atoms with van der Waals surface area (Å²) in [6.07, 6.45) is 3.16. The normalized spacial score (nSPS) is 10.4. The first-order chi connectivity index (χ1) is 12.0. The average molecular weight is 339 g/mol. The number of urea groups is 1. The van der Waals surface area contributed by atoms with Gasteiger partial charge >= 0.3 is 11.7 Å². The second-order valence-electron chi connectivity index (χ2n) is 5.26. The van der Waals surface area contributed by atoms with Gasteiger partial charge in [-0.1, -0.05) is 12.1 Å². The van der Waals surface area contributed by atoms with Crippen LogP contribution in [0.1, 0.15) is 5.56 Å². The van der Waals surface area contributed by atoms with Crippen LogP contribution in [0.15, 0.2) is 70.1 Å². The van der Waals surface area contributed by atoms with E-state index in [4.69, 9.17) is 10.2 Å². The first-order valence-electron chi connectivity index (χ1n) is 7.40. The Morgan fingerprint density at radius 1 is 1.16 bits per heavy atom. The Bertz CT molecular complexity index is 940. The molecule has 0 aliphatic rings. The van der Waals surface area contributed by atoms with E-state index in [-0.39, 0.29) is 12.2 Å². The largest absolute Gasteiger partial charge is 0.421 e. The highest BCUT2D eigenvalue weighted by Gasteiger charge is 2.18. The number of amides is 2. The summed E-state index contributed by atoms with van der Waals surface area (Å²) in [6, 6.07) is 11.2. The first-order valence-corrected chi connectivity index (χ1v) is 7.40. The summed E-state index contributed by atoms with van der Waals surface area (Å²) in [5.41, 5.74) is 5.94. The van der Waals surface area contributed by atoms with E-state index < -0.39 is 17.5 Å². The quantitative estimate of drug-likeness (QED) is 0.791. The Balaban J connectivity index is 1.93. The van der Waals surface area contributed by atoms with Crippen LogP contribution in [0, 0.1) is 5.82 Å². The number of benzene rings is 1. The van der Waals surface area contributed by atoms with Crippen molar-refractivity contribution in [3.8, 4) is 11.3 Å². The highest BCUT2D eigenvalue weighted by atomic mass is 19.1. The number of nitrogens with zero attached hydrogens (tertiary/aromatic N) is 2. The molecule has 0 bridgehead atoms. The number of hydrogen-bond acceptors (Lipinski definition) is 4. The lowest BCUT2D eigenvalue weighted by molar-refractivity contribution is 0.253. The molecule has 0 saturated carbocycles. The summed E-state index contributed by atoms with van der Waals surface area (Å²) in [5.74, 6) is -0.0669. The van der Waals surface area contributed by atoms with Crippen LogP contribution >= 0.6 is 0 Å². The van der Waals surface area contributed by atoms with Gasteiger partial charge in [0.05, 0.1) is 6.54 Å². The van der Waals surface area contributed by atoms with E-state index >= 15 is 0 Å². The highest BCUT2D eigenvalue weighted by Crippen LogP contribution is 2.20. The minimum Gasteiger partial charge on any atom is -0.421 e. The van der Waals surface area contributed by atoms with Gasteiger partial charge in [-0.2, -0.15) is 0 Å². The zero-order chi connectivity index (χ0) is 17.8. The van der Waals surface area contributed by atoms with Crippen LogP contribution in [-0.4, -0.2) is 11.0 Å². The number of anilines is 1. The van der Waals surface area contributed by atoms with Crippen LogP contribution in [0.25, 0.3) is 11.3 Å². The molecule has 0 radical (unpaired) electrons. The van der Waals surface area contributed by atoms with Crippen molar-refractivity contribution in [2.75, 3.05) is 4.90 Å². The van der Waals surface area contributed by atoms with Crippen molar-refractivity contribution in [2.45, 2.75) is 6.54 Å². The van der Waals surface area contributed by atoms with Crippen molar-refractivity contribution in [2.24, 2.45) is 5.73 Å². The third-order valence-electron chi connectivity index (χ3n) is 3.56. The second-order valence-corrected chi connectivity index (χ2v) is 5.26. The van der Waals surface area contributed by atoms with Gasteiger partial charge in [-0.05, 0) is 42.0 Å². The van der Waals surface area contributed by atoms with Gasteiger partial charge in [-0.15, -0.1) is 0 Å². The predicted octanol–water partition coefficient (Wildman–Crippen LogP) is 2.93. The SMILES string of the molecule is NC(=O)N(Cc1ccc(F)cc1)c1ccc(-c2cccnc2)oc1=O. The van der Waals surface area contributed by atoms with E-state index in [9.17, 15) is 14.0 Å². The third kappa shape index (κ3) is 3.72. The molecule has 2 amide bonds. The molecule has 0 unspecified atom stereocenters. The number of carbonyl (C=O) groups excluding carboxylic acids is 1. The molecule has 7 heteroatoms. The minimum absolute atomic E-state index is 0.00413. The summed E-state index contributed by atoms with van der Waals surface area (Å²) < 4.78 is 18.3. The smallest absolute Gasteiger partial charge is 0.360 e. The molecule has 3 rings (SSSR count). The fourth-order valence-corrected chi connectivity index (χ4v) is 2.33. The molecular formula is C18H14FN3O3. The van der Waals surface area contributed by atoms with Crippen molar-refractivity contribution in [1.29, 1.82) is 0 Å². The molecule has 0 fully saturated rings. The Kier molecular flexibility index (Phi) is 4.56. The Hall–Kier alpha value is -3.48. The van der Waals surface area contributed by atoms with Crippen molar-refractivity contribution in [3.63, 3.8) is 0 Å². The van der Waals surface area contributed by atoms with Gasteiger partial charge in [0.1, 0.15) is 17.3 Å². The van der Waals surface area contributed by atoms with Crippen LogP contribution in [0.2, 0.25) is 0 Å². The molecule has 126 valence electrons. The Morgan fingerprint density at radius 3 is 2.52 bits per heavy atom. The molecule has 3 aromatic rings. The van der Waals surface area contributed by atoms with Crippen LogP contribution in [0.4, 0.5) is 14.9 Å². The minimum atomic E-state index is -0.814. The molecule has 6 nitrogen and oxygen atoms in total. The van der Waals surface area contributed by atoms with Crippen molar-refractivity contribution in [1.82, 2.24) is 4.98 Å². The lowest BCUT2D eigenvalue weighted by atomic mass is 10.2. The van der Waals surface area contributed by atoms with Crippen molar-refractivity contribution >= 4 is 11.7 Å². The summed E-state index contributed by atoms with van der Waals surface area (Å²) in [5, 5.41) is 0. The third-order valence-corrected chi connectivity index (χ3v) is 3.56. The molecule has 0 spiro atoms. The second kappa shape index (κ2) is 6.96. The monoisotopic (exact) mass is 339 g/mol. The maximum atomic E-state index is 13.0. The van der Waals surface area contributed by atoms with E-state index in [0.29, 0.717) is 16.9 Å². The van der Waals surface area contributed by atoms with Crippen LogP contribution in [-0.2, 0) is 6.54 Å². The number of rotatable bonds is 4. The highest BCUT2D eigenvalue weighted by molar-refractivity contribution is 5.90. The van der Waals surface area contributed by atoms with E-state index in [2.05, 4.69) is 4.98 Å². The fourth-order valence-electron chi connectivity index (χ4n) is 2.33. The molecule has 0 atom stereocenters. The summed E-state index contributed by atoms with van der Waals surface area (Å²) in [7, 11) is 0. The first kappa shape index (κ1) is 16.4. The average Bonchev–Trinajstić information content (AvgIpc) is 2.62. The number of carbonyl (C=O) groups is 1. The zero-order valence-corrected chi connectivity index (χ0v) is 13.1. The van der Waals surface area contributed by atoms with E-state index in [1.165, 1.54) is 30.3 Å². The molecule has 25 heavy (non-hydrogen) atoms. The molecule has 2 aromatic heterocycles. The van der Waals surface area contributed by atoms with Gasteiger partial charge in [0.25, 0.3) is 0 Å². The van der Waals surface area contributed by atoms with Gasteiger partial charge in [0.15, 0.2) is 0 Å². The maximum absolute atomic E-state index is 13.0. The van der Waals surface area contributed by atoms with Gasteiger partial charge in [0.2, 0.25) is 0 Å². The maximum Gasteiger partial charge on any atom is 0.360 e. The van der Waals surface area contributed by atoms with Crippen molar-refractivity contribution in [3.05, 3.63) is 82.7 Å². The predicted molar refractivity (Wildman–Crippen MR) is 90.4 cm³/mol. The van der Waals surface area contributed by atoms with E-state index in [1.807, 2.05) is 0 Å².